The van der Waals surface area contributed by atoms with Gasteiger partial charge in [-0.1, -0.05) is 83.5 Å². The highest BCUT2D eigenvalue weighted by Gasteiger charge is 2.44. The Balaban J connectivity index is 1.44. The first kappa shape index (κ1) is 22.7. The van der Waals surface area contributed by atoms with Crippen molar-refractivity contribution in [2.24, 2.45) is 0 Å². The molecule has 3 heteroatoms. The Labute approximate surface area is 167 Å². The van der Waals surface area contributed by atoms with Crippen molar-refractivity contribution < 1.29 is 14.6 Å². The average Bonchev–Trinajstić information content (AvgIpc) is 3.09. The van der Waals surface area contributed by atoms with E-state index < -0.39 is 11.9 Å². The van der Waals surface area contributed by atoms with Gasteiger partial charge in [0.1, 0.15) is 12.2 Å². The molecule has 3 nitrogen and oxygen atoms in total. The van der Waals surface area contributed by atoms with Crippen LogP contribution in [0.1, 0.15) is 116 Å². The summed E-state index contributed by atoms with van der Waals surface area (Å²) in [7, 11) is 0. The smallest absolute Gasteiger partial charge is 0.169 e. The highest BCUT2D eigenvalue weighted by Crippen LogP contribution is 2.38. The molecule has 0 radical (unpaired) electrons. The van der Waals surface area contributed by atoms with Crippen LogP contribution in [-0.4, -0.2) is 29.7 Å². The van der Waals surface area contributed by atoms with Gasteiger partial charge in [-0.15, -0.1) is 5.92 Å². The topological polar surface area (TPSA) is 38.7 Å². The largest absolute Gasteiger partial charge is 0.378 e. The molecule has 2 rings (SSSR count). The summed E-state index contributed by atoms with van der Waals surface area (Å²) in [6, 6.07) is 0. The maximum Gasteiger partial charge on any atom is 0.169 e. The van der Waals surface area contributed by atoms with Crippen molar-refractivity contribution >= 4 is 0 Å². The Hall–Kier alpha value is -0.560. The maximum atomic E-state index is 10.3. The van der Waals surface area contributed by atoms with E-state index in [1.165, 1.54) is 70.6 Å². The molecule has 0 amide bonds. The SMILES string of the molecule is CCCCCCCCCCCCCC#C[C@@H](O)[C@H]1COC2(CCCCC2)O1. The van der Waals surface area contributed by atoms with Gasteiger partial charge in [-0.05, 0) is 19.3 Å². The molecule has 0 bridgehead atoms. The molecule has 1 heterocycles. The van der Waals surface area contributed by atoms with Gasteiger partial charge in [0.25, 0.3) is 0 Å². The van der Waals surface area contributed by atoms with Crippen LogP contribution < -0.4 is 0 Å². The van der Waals surface area contributed by atoms with E-state index in [0.717, 1.165) is 38.5 Å². The minimum Gasteiger partial charge on any atom is -0.378 e. The first-order valence-corrected chi connectivity index (χ1v) is 11.7. The summed E-state index contributed by atoms with van der Waals surface area (Å²) < 4.78 is 11.9. The van der Waals surface area contributed by atoms with E-state index in [0.29, 0.717) is 6.61 Å². The Kier molecular flexibility index (Phi) is 11.4. The fraction of sp³-hybridized carbons (Fsp3) is 0.917. The van der Waals surface area contributed by atoms with E-state index in [-0.39, 0.29) is 6.10 Å². The molecule has 2 atom stereocenters. The Morgan fingerprint density at radius 3 is 2.11 bits per heavy atom. The van der Waals surface area contributed by atoms with Crippen molar-refractivity contribution in [2.45, 2.75) is 134 Å². The van der Waals surface area contributed by atoms with Crippen molar-refractivity contribution in [1.29, 1.82) is 0 Å². The predicted molar refractivity (Wildman–Crippen MR) is 112 cm³/mol. The molecule has 1 aliphatic carbocycles. The third kappa shape index (κ3) is 8.99. The number of hydrogen-bond donors (Lipinski definition) is 1. The quantitative estimate of drug-likeness (QED) is 0.328. The number of aliphatic hydroxyl groups is 1. The summed E-state index contributed by atoms with van der Waals surface area (Å²) in [4.78, 5) is 0. The molecular weight excluding hydrogens is 336 g/mol. The van der Waals surface area contributed by atoms with Crippen LogP contribution in [0.4, 0.5) is 0 Å². The summed E-state index contributed by atoms with van der Waals surface area (Å²) in [5.41, 5.74) is 0. The van der Waals surface area contributed by atoms with Crippen molar-refractivity contribution in [3.8, 4) is 11.8 Å². The van der Waals surface area contributed by atoms with Gasteiger partial charge in [0.2, 0.25) is 0 Å². The normalized spacial score (nSPS) is 22.5. The molecule has 27 heavy (non-hydrogen) atoms. The van der Waals surface area contributed by atoms with Crippen LogP contribution in [0.3, 0.4) is 0 Å². The number of ether oxygens (including phenoxy) is 2. The monoisotopic (exact) mass is 378 g/mol. The highest BCUT2D eigenvalue weighted by molar-refractivity contribution is 5.08. The molecule has 0 aromatic heterocycles. The van der Waals surface area contributed by atoms with Crippen LogP contribution in [0, 0.1) is 11.8 Å². The fourth-order valence-corrected chi connectivity index (χ4v) is 4.23. The maximum absolute atomic E-state index is 10.3. The van der Waals surface area contributed by atoms with E-state index in [1.807, 2.05) is 0 Å². The lowest BCUT2D eigenvalue weighted by Gasteiger charge is -2.31. The van der Waals surface area contributed by atoms with Gasteiger partial charge < -0.3 is 14.6 Å². The summed E-state index contributed by atoms with van der Waals surface area (Å²) >= 11 is 0. The van der Waals surface area contributed by atoms with Gasteiger partial charge >= 0.3 is 0 Å². The third-order valence-corrected chi connectivity index (χ3v) is 6.00. The summed E-state index contributed by atoms with van der Waals surface area (Å²) in [5, 5.41) is 10.3. The van der Waals surface area contributed by atoms with E-state index in [4.69, 9.17) is 9.47 Å². The van der Waals surface area contributed by atoms with Gasteiger partial charge in [0, 0.05) is 19.3 Å². The Bertz CT molecular complexity index is 431. The van der Waals surface area contributed by atoms with Crippen LogP contribution in [0.25, 0.3) is 0 Å². The number of rotatable bonds is 12. The minimum atomic E-state index is -0.709. The first-order valence-electron chi connectivity index (χ1n) is 11.7. The standard InChI is InChI=1S/C24H42O3/c1-2-3-4-5-6-7-8-9-10-11-12-13-15-18-22(25)23-21-26-24(27-23)19-16-14-17-20-24/h22-23,25H,2-14,16-17,19-21H2,1H3/t22-,23-/m1/s1. The minimum absolute atomic E-state index is 0.270. The lowest BCUT2D eigenvalue weighted by atomic mass is 9.94. The predicted octanol–water partition coefficient (Wildman–Crippen LogP) is 6.13. The average molecular weight is 379 g/mol. The second kappa shape index (κ2) is 13.6. The zero-order valence-corrected chi connectivity index (χ0v) is 17.6. The lowest BCUT2D eigenvalue weighted by molar-refractivity contribution is -0.192. The molecule has 156 valence electrons. The van der Waals surface area contributed by atoms with E-state index >= 15 is 0 Å². The van der Waals surface area contributed by atoms with Crippen molar-refractivity contribution in [3.63, 3.8) is 0 Å². The van der Waals surface area contributed by atoms with Crippen LogP contribution in [0.2, 0.25) is 0 Å². The second-order valence-corrected chi connectivity index (χ2v) is 8.49. The Morgan fingerprint density at radius 2 is 1.48 bits per heavy atom. The molecule has 1 aliphatic heterocycles. The van der Waals surface area contributed by atoms with Crippen LogP contribution >= 0.6 is 0 Å². The molecular formula is C24H42O3. The number of hydrogen-bond acceptors (Lipinski definition) is 3. The molecule has 1 saturated carbocycles. The first-order chi connectivity index (χ1) is 13.3. The van der Waals surface area contributed by atoms with E-state index in [2.05, 4.69) is 18.8 Å². The molecule has 0 aromatic carbocycles. The van der Waals surface area contributed by atoms with Crippen molar-refractivity contribution in [3.05, 3.63) is 0 Å². The summed E-state index contributed by atoms with van der Waals surface area (Å²) in [6.45, 7) is 2.75. The summed E-state index contributed by atoms with van der Waals surface area (Å²) in [5.74, 6) is 5.72. The molecule has 2 aliphatic rings. The fourth-order valence-electron chi connectivity index (χ4n) is 4.23. The highest BCUT2D eigenvalue weighted by atomic mass is 16.7. The Morgan fingerprint density at radius 1 is 0.889 bits per heavy atom. The van der Waals surface area contributed by atoms with Crippen molar-refractivity contribution in [1.82, 2.24) is 0 Å². The van der Waals surface area contributed by atoms with Gasteiger partial charge in [0.15, 0.2) is 5.79 Å². The molecule has 0 unspecified atom stereocenters. The number of aliphatic hydroxyl groups excluding tert-OH is 1. The van der Waals surface area contributed by atoms with Gasteiger partial charge in [-0.3, -0.25) is 0 Å². The molecule has 1 N–H and O–H groups in total. The molecule has 2 fully saturated rings. The lowest BCUT2D eigenvalue weighted by Crippen LogP contribution is -2.35. The molecule has 0 aromatic rings. The third-order valence-electron chi connectivity index (χ3n) is 6.00. The van der Waals surface area contributed by atoms with Gasteiger partial charge in [0.05, 0.1) is 6.61 Å². The second-order valence-electron chi connectivity index (χ2n) is 8.49. The van der Waals surface area contributed by atoms with Crippen LogP contribution in [0.15, 0.2) is 0 Å². The zero-order valence-electron chi connectivity index (χ0n) is 17.6. The van der Waals surface area contributed by atoms with Crippen LogP contribution in [0.5, 0.6) is 0 Å². The van der Waals surface area contributed by atoms with Gasteiger partial charge in [-0.2, -0.15) is 0 Å². The van der Waals surface area contributed by atoms with Crippen molar-refractivity contribution in [2.75, 3.05) is 6.61 Å². The zero-order chi connectivity index (χ0) is 19.2. The number of unbranched alkanes of at least 4 members (excludes halogenated alkanes) is 11. The molecule has 1 saturated heterocycles. The van der Waals surface area contributed by atoms with Crippen LogP contribution in [-0.2, 0) is 9.47 Å². The molecule has 1 spiro atoms. The summed E-state index contributed by atoms with van der Waals surface area (Å²) in [6.07, 6.45) is 20.3. The van der Waals surface area contributed by atoms with E-state index in [9.17, 15) is 5.11 Å². The van der Waals surface area contributed by atoms with E-state index in [1.54, 1.807) is 0 Å². The van der Waals surface area contributed by atoms with Gasteiger partial charge in [-0.25, -0.2) is 0 Å².